The average molecular weight is 269 g/mol. The van der Waals surface area contributed by atoms with Gasteiger partial charge in [0.25, 0.3) is 0 Å². The fourth-order valence-electron chi connectivity index (χ4n) is 2.06. The number of fused-ring (bicyclic) bond motifs is 1. The molecule has 96 valence electrons. The molecule has 0 spiro atoms. The summed E-state index contributed by atoms with van der Waals surface area (Å²) in [6, 6.07) is 10.4. The van der Waals surface area contributed by atoms with Crippen molar-refractivity contribution < 1.29 is 0 Å². The quantitative estimate of drug-likeness (QED) is 0.778. The summed E-state index contributed by atoms with van der Waals surface area (Å²) in [6.45, 7) is 5.01. The molecular formula is C15H15N3S. The van der Waals surface area contributed by atoms with E-state index in [-0.39, 0.29) is 0 Å². The van der Waals surface area contributed by atoms with Crippen molar-refractivity contribution in [2.24, 2.45) is 0 Å². The van der Waals surface area contributed by atoms with Crippen molar-refractivity contribution in [1.82, 2.24) is 9.97 Å². The molecule has 0 atom stereocenters. The van der Waals surface area contributed by atoms with E-state index in [2.05, 4.69) is 53.4 Å². The van der Waals surface area contributed by atoms with Crippen molar-refractivity contribution in [2.45, 2.75) is 13.8 Å². The van der Waals surface area contributed by atoms with Crippen LogP contribution in [0.15, 0.2) is 35.7 Å². The molecule has 0 bridgehead atoms. The number of rotatable bonds is 3. The normalized spacial score (nSPS) is 10.8. The SMILES string of the molecule is CCNc1nc(-c2cccs2)nc2ccc(C)cc12. The smallest absolute Gasteiger partial charge is 0.172 e. The number of aryl methyl sites for hydroxylation is 1. The Hall–Kier alpha value is -1.94. The number of aromatic nitrogens is 2. The molecule has 1 N–H and O–H groups in total. The molecule has 0 aliphatic rings. The van der Waals surface area contributed by atoms with Crippen LogP contribution in [-0.2, 0) is 0 Å². The lowest BCUT2D eigenvalue weighted by atomic mass is 10.1. The second kappa shape index (κ2) is 4.97. The second-order valence-electron chi connectivity index (χ2n) is 4.42. The minimum atomic E-state index is 0.794. The van der Waals surface area contributed by atoms with Gasteiger partial charge >= 0.3 is 0 Å². The first kappa shape index (κ1) is 12.1. The van der Waals surface area contributed by atoms with Crippen molar-refractivity contribution in [3.63, 3.8) is 0 Å². The van der Waals surface area contributed by atoms with Crippen LogP contribution in [0.1, 0.15) is 12.5 Å². The van der Waals surface area contributed by atoms with E-state index in [0.29, 0.717) is 0 Å². The van der Waals surface area contributed by atoms with Gasteiger partial charge < -0.3 is 5.32 Å². The standard InChI is InChI=1S/C15H15N3S/c1-3-16-14-11-9-10(2)6-7-12(11)17-15(18-14)13-5-4-8-19-13/h4-9H,3H2,1-2H3,(H,16,17,18). The Morgan fingerprint density at radius 2 is 2.11 bits per heavy atom. The van der Waals surface area contributed by atoms with Gasteiger partial charge in [-0.05, 0) is 37.4 Å². The molecule has 4 heteroatoms. The zero-order valence-electron chi connectivity index (χ0n) is 11.0. The third-order valence-corrected chi connectivity index (χ3v) is 3.80. The summed E-state index contributed by atoms with van der Waals surface area (Å²) in [5.41, 5.74) is 2.21. The van der Waals surface area contributed by atoms with Crippen molar-refractivity contribution in [2.75, 3.05) is 11.9 Å². The summed E-state index contributed by atoms with van der Waals surface area (Å²) in [6.07, 6.45) is 0. The third-order valence-electron chi connectivity index (χ3n) is 2.94. The Balaban J connectivity index is 2.24. The maximum Gasteiger partial charge on any atom is 0.172 e. The van der Waals surface area contributed by atoms with Crippen LogP contribution in [-0.4, -0.2) is 16.5 Å². The van der Waals surface area contributed by atoms with Gasteiger partial charge in [0.2, 0.25) is 0 Å². The van der Waals surface area contributed by atoms with E-state index in [1.165, 1.54) is 5.56 Å². The Kier molecular flexibility index (Phi) is 3.17. The summed E-state index contributed by atoms with van der Waals surface area (Å²) in [5, 5.41) is 6.47. The second-order valence-corrected chi connectivity index (χ2v) is 5.37. The number of nitrogens with zero attached hydrogens (tertiary/aromatic N) is 2. The van der Waals surface area contributed by atoms with Crippen LogP contribution in [0.4, 0.5) is 5.82 Å². The molecule has 0 aliphatic carbocycles. The highest BCUT2D eigenvalue weighted by molar-refractivity contribution is 7.13. The number of hydrogen-bond acceptors (Lipinski definition) is 4. The number of benzene rings is 1. The molecular weight excluding hydrogens is 254 g/mol. The molecule has 0 aliphatic heterocycles. The number of hydrogen-bond donors (Lipinski definition) is 1. The maximum absolute atomic E-state index is 4.66. The fourth-order valence-corrected chi connectivity index (χ4v) is 2.72. The van der Waals surface area contributed by atoms with Gasteiger partial charge in [-0.3, -0.25) is 0 Å². The molecule has 3 aromatic rings. The largest absolute Gasteiger partial charge is 0.370 e. The fraction of sp³-hybridized carbons (Fsp3) is 0.200. The number of thiophene rings is 1. The molecule has 0 unspecified atom stereocenters. The van der Waals surface area contributed by atoms with Gasteiger partial charge in [-0.2, -0.15) is 0 Å². The summed E-state index contributed by atoms with van der Waals surface area (Å²) in [5.74, 6) is 1.71. The van der Waals surface area contributed by atoms with Crippen LogP contribution < -0.4 is 5.32 Å². The first-order chi connectivity index (χ1) is 9.28. The Morgan fingerprint density at radius 3 is 2.84 bits per heavy atom. The lowest BCUT2D eigenvalue weighted by molar-refractivity contribution is 1.15. The highest BCUT2D eigenvalue weighted by Crippen LogP contribution is 2.27. The van der Waals surface area contributed by atoms with Gasteiger partial charge in [-0.1, -0.05) is 17.7 Å². The zero-order chi connectivity index (χ0) is 13.2. The van der Waals surface area contributed by atoms with E-state index in [1.807, 2.05) is 11.4 Å². The highest BCUT2D eigenvalue weighted by Gasteiger charge is 2.09. The molecule has 1 aromatic carbocycles. The highest BCUT2D eigenvalue weighted by atomic mass is 32.1. The molecule has 0 amide bonds. The van der Waals surface area contributed by atoms with Gasteiger partial charge in [-0.25, -0.2) is 9.97 Å². The van der Waals surface area contributed by atoms with Crippen molar-refractivity contribution >= 4 is 28.1 Å². The van der Waals surface area contributed by atoms with Crippen molar-refractivity contribution in [3.05, 3.63) is 41.3 Å². The molecule has 2 aromatic heterocycles. The van der Waals surface area contributed by atoms with Crippen LogP contribution in [0.5, 0.6) is 0 Å². The molecule has 0 saturated carbocycles. The average Bonchev–Trinajstić information content (AvgIpc) is 2.93. The topological polar surface area (TPSA) is 37.8 Å². The van der Waals surface area contributed by atoms with E-state index in [0.717, 1.165) is 34.0 Å². The van der Waals surface area contributed by atoms with Gasteiger partial charge in [0.1, 0.15) is 5.82 Å². The Labute approximate surface area is 116 Å². The van der Waals surface area contributed by atoms with Crippen molar-refractivity contribution in [3.8, 4) is 10.7 Å². The lowest BCUT2D eigenvalue weighted by Crippen LogP contribution is -2.02. The Morgan fingerprint density at radius 1 is 1.21 bits per heavy atom. The minimum absolute atomic E-state index is 0.794. The van der Waals surface area contributed by atoms with Crippen LogP contribution in [0.25, 0.3) is 21.6 Å². The summed E-state index contributed by atoms with van der Waals surface area (Å²) in [4.78, 5) is 10.4. The first-order valence-corrected chi connectivity index (χ1v) is 7.22. The first-order valence-electron chi connectivity index (χ1n) is 6.34. The molecule has 0 saturated heterocycles. The van der Waals surface area contributed by atoms with E-state index in [1.54, 1.807) is 11.3 Å². The molecule has 2 heterocycles. The lowest BCUT2D eigenvalue weighted by Gasteiger charge is -2.09. The van der Waals surface area contributed by atoms with Gasteiger partial charge in [-0.15, -0.1) is 11.3 Å². The predicted octanol–water partition coefficient (Wildman–Crippen LogP) is 4.10. The monoisotopic (exact) mass is 269 g/mol. The molecule has 3 nitrogen and oxygen atoms in total. The van der Waals surface area contributed by atoms with Crippen LogP contribution in [0.3, 0.4) is 0 Å². The number of nitrogens with one attached hydrogen (secondary N) is 1. The van der Waals surface area contributed by atoms with E-state index < -0.39 is 0 Å². The summed E-state index contributed by atoms with van der Waals surface area (Å²) >= 11 is 1.66. The van der Waals surface area contributed by atoms with E-state index in [9.17, 15) is 0 Å². The Bertz CT molecular complexity index is 705. The van der Waals surface area contributed by atoms with Crippen molar-refractivity contribution in [1.29, 1.82) is 0 Å². The minimum Gasteiger partial charge on any atom is -0.370 e. The van der Waals surface area contributed by atoms with E-state index in [4.69, 9.17) is 0 Å². The van der Waals surface area contributed by atoms with E-state index >= 15 is 0 Å². The molecule has 19 heavy (non-hydrogen) atoms. The van der Waals surface area contributed by atoms with Crippen LogP contribution >= 0.6 is 11.3 Å². The van der Waals surface area contributed by atoms with Gasteiger partial charge in [0, 0.05) is 11.9 Å². The number of anilines is 1. The maximum atomic E-state index is 4.66. The van der Waals surface area contributed by atoms with Crippen LogP contribution in [0, 0.1) is 6.92 Å². The molecule has 0 radical (unpaired) electrons. The molecule has 0 fully saturated rings. The van der Waals surface area contributed by atoms with Gasteiger partial charge in [0.15, 0.2) is 5.82 Å². The zero-order valence-corrected chi connectivity index (χ0v) is 11.8. The molecule has 3 rings (SSSR count). The third kappa shape index (κ3) is 2.31. The van der Waals surface area contributed by atoms with Gasteiger partial charge in [0.05, 0.1) is 10.4 Å². The van der Waals surface area contributed by atoms with Crippen LogP contribution in [0.2, 0.25) is 0 Å². The predicted molar refractivity (Wildman–Crippen MR) is 81.8 cm³/mol. The summed E-state index contributed by atoms with van der Waals surface area (Å²) in [7, 11) is 0. The summed E-state index contributed by atoms with van der Waals surface area (Å²) < 4.78 is 0.